The maximum atomic E-state index is 8.85. The molecule has 0 radical (unpaired) electrons. The number of nitrogens with zero attached hydrogens (tertiary/aromatic N) is 2. The third-order valence-electron chi connectivity index (χ3n) is 3.08. The number of aromatic nitrogens is 1. The molecule has 1 aromatic heterocycles. The zero-order valence-electron chi connectivity index (χ0n) is 11.4. The number of nitriles is 1. The number of rotatable bonds is 4. The predicted octanol–water partition coefficient (Wildman–Crippen LogP) is 3.48. The first-order valence-electron chi connectivity index (χ1n) is 6.25. The summed E-state index contributed by atoms with van der Waals surface area (Å²) in [5.74, 6) is 0. The third kappa shape index (κ3) is 3.40. The van der Waals surface area contributed by atoms with Gasteiger partial charge in [0, 0.05) is 17.6 Å². The zero-order valence-corrected chi connectivity index (χ0v) is 12.2. The number of nitrogens with one attached hydrogen (secondary N) is 1. The van der Waals surface area contributed by atoms with Crippen molar-refractivity contribution in [1.82, 2.24) is 10.3 Å². The second kappa shape index (κ2) is 5.96. The highest BCUT2D eigenvalue weighted by Crippen LogP contribution is 2.20. The molecule has 0 bridgehead atoms. The van der Waals surface area contributed by atoms with Gasteiger partial charge in [0.25, 0.3) is 0 Å². The van der Waals surface area contributed by atoms with E-state index in [0.717, 1.165) is 17.1 Å². The van der Waals surface area contributed by atoms with Gasteiger partial charge < -0.3 is 5.32 Å². The van der Waals surface area contributed by atoms with Crippen LogP contribution in [0.25, 0.3) is 0 Å². The number of benzene rings is 1. The highest BCUT2D eigenvalue weighted by Gasteiger charge is 2.09. The summed E-state index contributed by atoms with van der Waals surface area (Å²) < 4.78 is 0. The minimum Gasteiger partial charge on any atom is -0.304 e. The Hall–Kier alpha value is -1.70. The second-order valence-corrected chi connectivity index (χ2v) is 5.93. The van der Waals surface area contributed by atoms with Crippen molar-refractivity contribution in [3.8, 4) is 6.07 Å². The van der Waals surface area contributed by atoms with E-state index in [9.17, 15) is 0 Å². The smallest absolute Gasteiger partial charge is 0.109 e. The van der Waals surface area contributed by atoms with Crippen molar-refractivity contribution >= 4 is 11.3 Å². The summed E-state index contributed by atoms with van der Waals surface area (Å²) in [6.07, 6.45) is 1.91. The van der Waals surface area contributed by atoms with Crippen molar-refractivity contribution in [2.45, 2.75) is 33.4 Å². The monoisotopic (exact) mass is 271 g/mol. The predicted molar refractivity (Wildman–Crippen MR) is 78.0 cm³/mol. The van der Waals surface area contributed by atoms with Crippen molar-refractivity contribution in [3.63, 3.8) is 0 Å². The van der Waals surface area contributed by atoms with Gasteiger partial charge in [-0.25, -0.2) is 4.98 Å². The lowest BCUT2D eigenvalue weighted by Gasteiger charge is -2.12. The molecule has 19 heavy (non-hydrogen) atoms. The fourth-order valence-corrected chi connectivity index (χ4v) is 2.69. The summed E-state index contributed by atoms with van der Waals surface area (Å²) in [7, 11) is 0. The quantitative estimate of drug-likeness (QED) is 0.926. The number of thiazole rings is 1. The molecule has 1 atom stereocenters. The molecule has 2 aromatic rings. The topological polar surface area (TPSA) is 48.7 Å². The first kappa shape index (κ1) is 13.7. The third-order valence-corrected chi connectivity index (χ3v) is 4.18. The van der Waals surface area contributed by atoms with Crippen LogP contribution >= 0.6 is 11.3 Å². The van der Waals surface area contributed by atoms with Crippen LogP contribution in [0.1, 0.15) is 39.5 Å². The van der Waals surface area contributed by atoms with Gasteiger partial charge in [-0.15, -0.1) is 11.3 Å². The molecule has 1 unspecified atom stereocenters. The van der Waals surface area contributed by atoms with Gasteiger partial charge in [-0.3, -0.25) is 0 Å². The number of hydrogen-bond acceptors (Lipinski definition) is 4. The fourth-order valence-electron chi connectivity index (χ4n) is 1.89. The molecular formula is C15H17N3S. The first-order chi connectivity index (χ1) is 9.10. The molecule has 2 rings (SSSR count). The molecule has 1 N–H and O–H groups in total. The average Bonchev–Trinajstić information content (AvgIpc) is 2.83. The van der Waals surface area contributed by atoms with Crippen LogP contribution in [0.4, 0.5) is 0 Å². The highest BCUT2D eigenvalue weighted by molar-refractivity contribution is 7.11. The van der Waals surface area contributed by atoms with Gasteiger partial charge in [0.1, 0.15) is 5.01 Å². The average molecular weight is 271 g/mol. The summed E-state index contributed by atoms with van der Waals surface area (Å²) >= 11 is 1.72. The zero-order chi connectivity index (χ0) is 13.8. The van der Waals surface area contributed by atoms with Gasteiger partial charge in [-0.05, 0) is 44.0 Å². The van der Waals surface area contributed by atoms with E-state index in [0.29, 0.717) is 5.56 Å². The van der Waals surface area contributed by atoms with Crippen LogP contribution in [-0.2, 0) is 6.54 Å². The molecule has 1 heterocycles. The number of aryl methyl sites for hydroxylation is 2. The minimum absolute atomic E-state index is 0.244. The molecule has 3 nitrogen and oxygen atoms in total. The normalized spacial score (nSPS) is 12.1. The van der Waals surface area contributed by atoms with Crippen molar-refractivity contribution in [2.75, 3.05) is 0 Å². The molecule has 0 saturated carbocycles. The van der Waals surface area contributed by atoms with E-state index < -0.39 is 0 Å². The summed E-state index contributed by atoms with van der Waals surface area (Å²) in [6, 6.07) is 8.21. The first-order valence-corrected chi connectivity index (χ1v) is 7.07. The SMILES string of the molecule is Cc1cnc(C(C)NCc2ccc(C#N)cc2C)s1. The molecule has 0 aliphatic carbocycles. The molecular weight excluding hydrogens is 254 g/mol. The van der Waals surface area contributed by atoms with Crippen LogP contribution in [0.15, 0.2) is 24.4 Å². The lowest BCUT2D eigenvalue weighted by atomic mass is 10.1. The molecule has 1 aromatic carbocycles. The molecule has 0 amide bonds. The Labute approximate surface area is 117 Å². The van der Waals surface area contributed by atoms with E-state index in [-0.39, 0.29) is 6.04 Å². The van der Waals surface area contributed by atoms with Crippen LogP contribution in [0.3, 0.4) is 0 Å². The van der Waals surface area contributed by atoms with Crippen LogP contribution in [0, 0.1) is 25.2 Å². The van der Waals surface area contributed by atoms with Gasteiger partial charge in [0.05, 0.1) is 17.7 Å². The standard InChI is InChI=1S/C15H17N3S/c1-10-6-13(7-16)4-5-14(10)9-17-12(3)15-18-8-11(2)19-15/h4-6,8,12,17H,9H2,1-3H3. The Balaban J connectivity index is 2.01. The molecule has 0 spiro atoms. The van der Waals surface area contributed by atoms with Gasteiger partial charge in [-0.2, -0.15) is 5.26 Å². The van der Waals surface area contributed by atoms with E-state index in [1.165, 1.54) is 10.4 Å². The Bertz CT molecular complexity index is 610. The van der Waals surface area contributed by atoms with E-state index in [1.54, 1.807) is 11.3 Å². The maximum Gasteiger partial charge on any atom is 0.109 e. The molecule has 4 heteroatoms. The van der Waals surface area contributed by atoms with E-state index in [1.807, 2.05) is 31.3 Å². The van der Waals surface area contributed by atoms with Crippen LogP contribution in [0.5, 0.6) is 0 Å². The minimum atomic E-state index is 0.244. The van der Waals surface area contributed by atoms with Crippen LogP contribution < -0.4 is 5.32 Å². The molecule has 98 valence electrons. The van der Waals surface area contributed by atoms with Crippen LogP contribution in [-0.4, -0.2) is 4.98 Å². The summed E-state index contributed by atoms with van der Waals surface area (Å²) in [5.41, 5.74) is 3.08. The van der Waals surface area contributed by atoms with Crippen molar-refractivity contribution in [3.05, 3.63) is 51.0 Å². The number of hydrogen-bond donors (Lipinski definition) is 1. The summed E-state index contributed by atoms with van der Waals surface area (Å²) in [4.78, 5) is 5.63. The molecule has 0 aliphatic rings. The largest absolute Gasteiger partial charge is 0.304 e. The Morgan fingerprint density at radius 1 is 1.42 bits per heavy atom. The second-order valence-electron chi connectivity index (χ2n) is 4.66. The maximum absolute atomic E-state index is 8.85. The van der Waals surface area contributed by atoms with Crippen LogP contribution in [0.2, 0.25) is 0 Å². The lowest BCUT2D eigenvalue weighted by Crippen LogP contribution is -2.18. The highest BCUT2D eigenvalue weighted by atomic mass is 32.1. The Kier molecular flexibility index (Phi) is 4.31. The van der Waals surface area contributed by atoms with Crippen molar-refractivity contribution in [2.24, 2.45) is 0 Å². The Morgan fingerprint density at radius 3 is 2.79 bits per heavy atom. The van der Waals surface area contributed by atoms with E-state index >= 15 is 0 Å². The summed E-state index contributed by atoms with van der Waals surface area (Å²) in [5, 5.41) is 13.4. The van der Waals surface area contributed by atoms with Gasteiger partial charge in [0.15, 0.2) is 0 Å². The van der Waals surface area contributed by atoms with E-state index in [2.05, 4.69) is 30.2 Å². The van der Waals surface area contributed by atoms with Crippen molar-refractivity contribution < 1.29 is 0 Å². The van der Waals surface area contributed by atoms with E-state index in [4.69, 9.17) is 5.26 Å². The van der Waals surface area contributed by atoms with Gasteiger partial charge in [-0.1, -0.05) is 6.07 Å². The fraction of sp³-hybridized carbons (Fsp3) is 0.333. The molecule has 0 saturated heterocycles. The lowest BCUT2D eigenvalue weighted by molar-refractivity contribution is 0.570. The van der Waals surface area contributed by atoms with Gasteiger partial charge in [0.2, 0.25) is 0 Å². The van der Waals surface area contributed by atoms with Gasteiger partial charge >= 0.3 is 0 Å². The molecule has 0 aliphatic heterocycles. The molecule has 0 fully saturated rings. The van der Waals surface area contributed by atoms with Crippen molar-refractivity contribution in [1.29, 1.82) is 5.26 Å². The summed E-state index contributed by atoms with van der Waals surface area (Å²) in [6.45, 7) is 7.02. The Morgan fingerprint density at radius 2 is 2.21 bits per heavy atom.